The smallest absolute Gasteiger partial charge is 0.317 e. The number of piperidine rings is 1. The third-order valence-electron chi connectivity index (χ3n) is 4.37. The Hall–Kier alpha value is -2.24. The molecule has 0 bridgehead atoms. The molecule has 0 aliphatic carbocycles. The summed E-state index contributed by atoms with van der Waals surface area (Å²) in [7, 11) is 0. The van der Waals surface area contributed by atoms with Gasteiger partial charge in [-0.1, -0.05) is 18.2 Å². The zero-order chi connectivity index (χ0) is 16.2. The number of carbonyl (C=O) groups excluding carboxylic acids is 2. The lowest BCUT2D eigenvalue weighted by molar-refractivity contribution is -0.119. The van der Waals surface area contributed by atoms with E-state index in [4.69, 9.17) is 4.74 Å². The molecule has 0 saturated carbocycles. The average molecular weight is 317 g/mol. The fourth-order valence-corrected chi connectivity index (χ4v) is 3.30. The molecule has 2 heterocycles. The van der Waals surface area contributed by atoms with Crippen molar-refractivity contribution in [1.29, 1.82) is 0 Å². The van der Waals surface area contributed by atoms with Crippen LogP contribution in [-0.4, -0.2) is 42.6 Å². The number of hydrogen-bond acceptors (Lipinski definition) is 3. The zero-order valence-corrected chi connectivity index (χ0v) is 13.4. The molecule has 3 rings (SSSR count). The van der Waals surface area contributed by atoms with Crippen molar-refractivity contribution in [3.05, 3.63) is 29.8 Å². The van der Waals surface area contributed by atoms with Crippen molar-refractivity contribution in [2.45, 2.75) is 38.3 Å². The molecule has 2 N–H and O–H groups in total. The van der Waals surface area contributed by atoms with Gasteiger partial charge in [0.2, 0.25) is 5.91 Å². The lowest BCUT2D eigenvalue weighted by Gasteiger charge is -2.35. The largest absolute Gasteiger partial charge is 0.493 e. The van der Waals surface area contributed by atoms with Crippen molar-refractivity contribution < 1.29 is 14.3 Å². The molecule has 6 heteroatoms. The number of ether oxygens (including phenoxy) is 1. The molecule has 1 aromatic rings. The molecule has 23 heavy (non-hydrogen) atoms. The summed E-state index contributed by atoms with van der Waals surface area (Å²) in [6, 6.07) is 7.78. The van der Waals surface area contributed by atoms with E-state index in [-0.39, 0.29) is 24.0 Å². The lowest BCUT2D eigenvalue weighted by Crippen LogP contribution is -2.52. The molecule has 0 aromatic heterocycles. The van der Waals surface area contributed by atoms with Crippen LogP contribution in [0, 0.1) is 0 Å². The molecule has 2 aliphatic heterocycles. The van der Waals surface area contributed by atoms with Gasteiger partial charge in [0, 0.05) is 38.0 Å². The maximum absolute atomic E-state index is 12.6. The van der Waals surface area contributed by atoms with Gasteiger partial charge in [-0.25, -0.2) is 4.79 Å². The quantitative estimate of drug-likeness (QED) is 0.874. The highest BCUT2D eigenvalue weighted by Crippen LogP contribution is 2.31. The van der Waals surface area contributed by atoms with Crippen LogP contribution < -0.4 is 15.4 Å². The number of amides is 3. The van der Waals surface area contributed by atoms with E-state index in [0.29, 0.717) is 13.2 Å². The Kier molecular flexibility index (Phi) is 4.69. The molecule has 2 unspecified atom stereocenters. The first kappa shape index (κ1) is 15.6. The highest BCUT2D eigenvalue weighted by molar-refractivity contribution is 5.76. The number of rotatable bonds is 2. The van der Waals surface area contributed by atoms with Crippen molar-refractivity contribution >= 4 is 11.9 Å². The van der Waals surface area contributed by atoms with Gasteiger partial charge in [-0.3, -0.25) is 4.79 Å². The monoisotopic (exact) mass is 317 g/mol. The molecule has 1 fully saturated rings. The van der Waals surface area contributed by atoms with Gasteiger partial charge >= 0.3 is 6.03 Å². The Labute approximate surface area is 136 Å². The average Bonchev–Trinajstić information content (AvgIpc) is 2.55. The molecule has 0 spiro atoms. The van der Waals surface area contributed by atoms with Gasteiger partial charge in [0.05, 0.1) is 12.6 Å². The minimum absolute atomic E-state index is 0.0198. The predicted molar refractivity (Wildman–Crippen MR) is 86.2 cm³/mol. The van der Waals surface area contributed by atoms with E-state index < -0.39 is 0 Å². The summed E-state index contributed by atoms with van der Waals surface area (Å²) >= 11 is 0. The van der Waals surface area contributed by atoms with Gasteiger partial charge in [-0.2, -0.15) is 0 Å². The third kappa shape index (κ3) is 3.75. The van der Waals surface area contributed by atoms with Crippen LogP contribution >= 0.6 is 0 Å². The molecule has 3 amide bonds. The van der Waals surface area contributed by atoms with E-state index in [9.17, 15) is 9.59 Å². The molecule has 1 saturated heterocycles. The summed E-state index contributed by atoms with van der Waals surface area (Å²) in [5.74, 6) is 0.800. The first-order valence-electron chi connectivity index (χ1n) is 8.18. The summed E-state index contributed by atoms with van der Waals surface area (Å²) in [4.78, 5) is 25.6. The Morgan fingerprint density at radius 1 is 1.22 bits per heavy atom. The first-order valence-corrected chi connectivity index (χ1v) is 8.18. The second-order valence-corrected chi connectivity index (χ2v) is 6.16. The maximum Gasteiger partial charge on any atom is 0.317 e. The molecule has 6 nitrogen and oxygen atoms in total. The molecule has 124 valence electrons. The number of nitrogens with one attached hydrogen (secondary N) is 2. The van der Waals surface area contributed by atoms with E-state index in [1.165, 1.54) is 6.92 Å². The maximum atomic E-state index is 12.6. The predicted octanol–water partition coefficient (Wildman–Crippen LogP) is 1.82. The zero-order valence-electron chi connectivity index (χ0n) is 13.4. The van der Waals surface area contributed by atoms with Crippen molar-refractivity contribution in [3.63, 3.8) is 0 Å². The van der Waals surface area contributed by atoms with Crippen LogP contribution in [0.4, 0.5) is 4.79 Å². The van der Waals surface area contributed by atoms with Crippen LogP contribution in [0.15, 0.2) is 24.3 Å². The molecular weight excluding hydrogens is 294 g/mol. The van der Waals surface area contributed by atoms with E-state index in [0.717, 1.165) is 37.1 Å². The van der Waals surface area contributed by atoms with Crippen LogP contribution in [0.1, 0.15) is 37.8 Å². The van der Waals surface area contributed by atoms with Crippen LogP contribution in [0.3, 0.4) is 0 Å². The number of likely N-dealkylation sites (tertiary alicyclic amines) is 1. The number of nitrogens with zero attached hydrogens (tertiary/aromatic N) is 1. The van der Waals surface area contributed by atoms with E-state index in [1.54, 1.807) is 4.90 Å². The van der Waals surface area contributed by atoms with Crippen LogP contribution in [0.5, 0.6) is 5.75 Å². The van der Waals surface area contributed by atoms with Gasteiger partial charge in [0.25, 0.3) is 0 Å². The summed E-state index contributed by atoms with van der Waals surface area (Å²) in [6.07, 6.45) is 2.60. The summed E-state index contributed by atoms with van der Waals surface area (Å²) < 4.78 is 5.63. The van der Waals surface area contributed by atoms with Gasteiger partial charge in [-0.05, 0) is 18.9 Å². The Balaban J connectivity index is 1.62. The standard InChI is InChI=1S/C17H23N3O3/c1-12(21)18-13-5-4-9-20(11-13)17(22)19-15-8-10-23-16-7-3-2-6-14(15)16/h2-3,6-7,13,15H,4-5,8-11H2,1H3,(H,18,21)(H,19,22). The third-order valence-corrected chi connectivity index (χ3v) is 4.37. The highest BCUT2D eigenvalue weighted by Gasteiger charge is 2.28. The second kappa shape index (κ2) is 6.89. The fraction of sp³-hybridized carbons (Fsp3) is 0.529. The molecule has 1 aromatic carbocycles. The SMILES string of the molecule is CC(=O)NC1CCCN(C(=O)NC2CCOc3ccccc32)C1. The van der Waals surface area contributed by atoms with Crippen LogP contribution in [0.25, 0.3) is 0 Å². The van der Waals surface area contributed by atoms with Crippen molar-refractivity contribution in [2.75, 3.05) is 19.7 Å². The highest BCUT2D eigenvalue weighted by atomic mass is 16.5. The van der Waals surface area contributed by atoms with Crippen molar-refractivity contribution in [3.8, 4) is 5.75 Å². The number of carbonyl (C=O) groups is 2. The normalized spacial score (nSPS) is 23.4. The van der Waals surface area contributed by atoms with Crippen LogP contribution in [-0.2, 0) is 4.79 Å². The Morgan fingerprint density at radius 2 is 2.04 bits per heavy atom. The van der Waals surface area contributed by atoms with E-state index >= 15 is 0 Å². The van der Waals surface area contributed by atoms with Gasteiger partial charge < -0.3 is 20.3 Å². The Bertz CT molecular complexity index is 590. The number of fused-ring (bicyclic) bond motifs is 1. The molecular formula is C17H23N3O3. The topological polar surface area (TPSA) is 70.7 Å². The van der Waals surface area contributed by atoms with E-state index in [1.807, 2.05) is 24.3 Å². The summed E-state index contributed by atoms with van der Waals surface area (Å²) in [5.41, 5.74) is 1.03. The van der Waals surface area contributed by atoms with Gasteiger partial charge in [0.15, 0.2) is 0 Å². The van der Waals surface area contributed by atoms with Crippen molar-refractivity contribution in [2.24, 2.45) is 0 Å². The van der Waals surface area contributed by atoms with Crippen molar-refractivity contribution in [1.82, 2.24) is 15.5 Å². The fourth-order valence-electron chi connectivity index (χ4n) is 3.30. The molecule has 2 atom stereocenters. The van der Waals surface area contributed by atoms with Gasteiger partial charge in [0.1, 0.15) is 5.75 Å². The number of hydrogen-bond donors (Lipinski definition) is 2. The second-order valence-electron chi connectivity index (χ2n) is 6.16. The summed E-state index contributed by atoms with van der Waals surface area (Å²) in [6.45, 7) is 3.41. The summed E-state index contributed by atoms with van der Waals surface area (Å²) in [5, 5.41) is 6.02. The Morgan fingerprint density at radius 3 is 2.87 bits per heavy atom. The van der Waals surface area contributed by atoms with Gasteiger partial charge in [-0.15, -0.1) is 0 Å². The van der Waals surface area contributed by atoms with E-state index in [2.05, 4.69) is 10.6 Å². The number of urea groups is 1. The minimum Gasteiger partial charge on any atom is -0.493 e. The lowest BCUT2D eigenvalue weighted by atomic mass is 10.0. The van der Waals surface area contributed by atoms with Crippen LogP contribution in [0.2, 0.25) is 0 Å². The minimum atomic E-state index is -0.0678. The first-order chi connectivity index (χ1) is 11.1. The number of benzene rings is 1. The molecule has 0 radical (unpaired) electrons. The molecule has 2 aliphatic rings. The number of para-hydroxylation sites is 1.